The van der Waals surface area contributed by atoms with Crippen LogP contribution in [0.25, 0.3) is 0 Å². The number of aromatic carboxylic acids is 1. The third-order valence-corrected chi connectivity index (χ3v) is 2.59. The van der Waals surface area contributed by atoms with Gasteiger partial charge in [0.1, 0.15) is 5.69 Å². The molecule has 1 atom stereocenters. The summed E-state index contributed by atoms with van der Waals surface area (Å²) in [6.45, 7) is 0.307. The predicted molar refractivity (Wildman–Crippen MR) is 60.9 cm³/mol. The summed E-state index contributed by atoms with van der Waals surface area (Å²) < 4.78 is 0. The summed E-state index contributed by atoms with van der Waals surface area (Å²) in [5, 5.41) is 13.9. The maximum Gasteiger partial charge on any atom is 0.354 e. The number of hydrogen-bond acceptors (Lipinski definition) is 4. The standard InChI is InChI=1S/C11H11N3O4/c15-9-3-6(5-13-9)10(16)14-7-1-2-12-8(4-7)11(17)18/h1-2,4,6H,3,5H2,(H,13,15)(H,17,18)(H,12,14,16). The fraction of sp³-hybridized carbons (Fsp3) is 0.273. The number of amides is 2. The Hall–Kier alpha value is -2.44. The van der Waals surface area contributed by atoms with Gasteiger partial charge in [-0.2, -0.15) is 0 Å². The maximum absolute atomic E-state index is 11.8. The zero-order valence-electron chi connectivity index (χ0n) is 9.34. The number of nitrogens with zero attached hydrogens (tertiary/aromatic N) is 1. The van der Waals surface area contributed by atoms with E-state index in [1.807, 2.05) is 0 Å². The van der Waals surface area contributed by atoms with Gasteiger partial charge in [0.2, 0.25) is 11.8 Å². The summed E-state index contributed by atoms with van der Waals surface area (Å²) in [6.07, 6.45) is 1.46. The van der Waals surface area contributed by atoms with E-state index < -0.39 is 11.9 Å². The predicted octanol–water partition coefficient (Wildman–Crippen LogP) is -0.146. The Labute approximate surface area is 102 Å². The largest absolute Gasteiger partial charge is 0.477 e. The van der Waals surface area contributed by atoms with Gasteiger partial charge >= 0.3 is 5.97 Å². The van der Waals surface area contributed by atoms with Crippen LogP contribution < -0.4 is 10.6 Å². The number of nitrogens with one attached hydrogen (secondary N) is 2. The van der Waals surface area contributed by atoms with E-state index in [2.05, 4.69) is 15.6 Å². The minimum Gasteiger partial charge on any atom is -0.477 e. The normalized spacial score (nSPS) is 18.2. The Kier molecular flexibility index (Phi) is 3.22. The molecule has 2 rings (SSSR count). The van der Waals surface area contributed by atoms with Gasteiger partial charge in [-0.05, 0) is 12.1 Å². The number of anilines is 1. The molecular formula is C11H11N3O4. The third kappa shape index (κ3) is 2.62. The second kappa shape index (κ2) is 4.82. The van der Waals surface area contributed by atoms with Crippen LogP contribution in [-0.2, 0) is 9.59 Å². The third-order valence-electron chi connectivity index (χ3n) is 2.59. The highest BCUT2D eigenvalue weighted by atomic mass is 16.4. The molecule has 0 radical (unpaired) electrons. The molecule has 1 unspecified atom stereocenters. The number of carbonyl (C=O) groups is 3. The first-order valence-corrected chi connectivity index (χ1v) is 5.33. The number of pyridine rings is 1. The summed E-state index contributed by atoms with van der Waals surface area (Å²) >= 11 is 0. The van der Waals surface area contributed by atoms with Crippen LogP contribution in [0.15, 0.2) is 18.3 Å². The lowest BCUT2D eigenvalue weighted by atomic mass is 10.1. The van der Waals surface area contributed by atoms with Crippen LogP contribution in [0, 0.1) is 5.92 Å². The maximum atomic E-state index is 11.8. The molecule has 0 spiro atoms. The molecule has 1 saturated heterocycles. The van der Waals surface area contributed by atoms with E-state index in [4.69, 9.17) is 5.11 Å². The van der Waals surface area contributed by atoms with Crippen molar-refractivity contribution in [2.75, 3.05) is 11.9 Å². The number of carboxylic acid groups (broad SMARTS) is 1. The molecule has 1 aromatic heterocycles. The molecule has 2 heterocycles. The van der Waals surface area contributed by atoms with E-state index in [0.717, 1.165) is 0 Å². The Balaban J connectivity index is 2.05. The van der Waals surface area contributed by atoms with Gasteiger partial charge in [-0.3, -0.25) is 9.59 Å². The topological polar surface area (TPSA) is 108 Å². The van der Waals surface area contributed by atoms with Gasteiger partial charge in [0, 0.05) is 24.8 Å². The first kappa shape index (κ1) is 12.0. The average Bonchev–Trinajstić information content (AvgIpc) is 2.76. The summed E-state index contributed by atoms with van der Waals surface area (Å²) in [7, 11) is 0. The highest BCUT2D eigenvalue weighted by Gasteiger charge is 2.27. The van der Waals surface area contributed by atoms with Crippen molar-refractivity contribution >= 4 is 23.5 Å². The van der Waals surface area contributed by atoms with Crippen molar-refractivity contribution in [3.63, 3.8) is 0 Å². The van der Waals surface area contributed by atoms with Gasteiger partial charge in [0.05, 0.1) is 5.92 Å². The van der Waals surface area contributed by atoms with E-state index >= 15 is 0 Å². The summed E-state index contributed by atoms with van der Waals surface area (Å²) in [4.78, 5) is 37.1. The molecule has 0 aliphatic carbocycles. The van der Waals surface area contributed by atoms with Crippen LogP contribution in [0.3, 0.4) is 0 Å². The van der Waals surface area contributed by atoms with Crippen molar-refractivity contribution in [2.24, 2.45) is 5.92 Å². The van der Waals surface area contributed by atoms with Gasteiger partial charge in [0.15, 0.2) is 0 Å². The molecule has 7 nitrogen and oxygen atoms in total. The Morgan fingerprint density at radius 2 is 2.28 bits per heavy atom. The van der Waals surface area contributed by atoms with Gasteiger partial charge < -0.3 is 15.7 Å². The number of carboxylic acids is 1. The molecule has 3 N–H and O–H groups in total. The number of carbonyl (C=O) groups excluding carboxylic acids is 2. The lowest BCUT2D eigenvalue weighted by Gasteiger charge is -2.09. The van der Waals surface area contributed by atoms with E-state index in [9.17, 15) is 14.4 Å². The monoisotopic (exact) mass is 249 g/mol. The second-order valence-corrected chi connectivity index (χ2v) is 3.93. The van der Waals surface area contributed by atoms with E-state index in [-0.39, 0.29) is 23.9 Å². The molecule has 94 valence electrons. The van der Waals surface area contributed by atoms with Crippen LogP contribution >= 0.6 is 0 Å². The molecule has 1 aromatic rings. The van der Waals surface area contributed by atoms with Gasteiger partial charge in [-0.25, -0.2) is 9.78 Å². The number of hydrogen-bond donors (Lipinski definition) is 3. The fourth-order valence-corrected chi connectivity index (χ4v) is 1.66. The highest BCUT2D eigenvalue weighted by Crippen LogP contribution is 2.14. The van der Waals surface area contributed by atoms with Crippen molar-refractivity contribution in [1.29, 1.82) is 0 Å². The molecule has 18 heavy (non-hydrogen) atoms. The number of rotatable bonds is 3. The highest BCUT2D eigenvalue weighted by molar-refractivity contribution is 5.97. The Morgan fingerprint density at radius 1 is 1.50 bits per heavy atom. The summed E-state index contributed by atoms with van der Waals surface area (Å²) in [5.41, 5.74) is 0.208. The van der Waals surface area contributed by atoms with Crippen LogP contribution in [-0.4, -0.2) is 34.4 Å². The SMILES string of the molecule is O=C1CC(C(=O)Nc2ccnc(C(=O)O)c2)CN1. The van der Waals surface area contributed by atoms with Crippen molar-refractivity contribution in [3.8, 4) is 0 Å². The van der Waals surface area contributed by atoms with Gasteiger partial charge in [-0.1, -0.05) is 0 Å². The fourth-order valence-electron chi connectivity index (χ4n) is 1.66. The van der Waals surface area contributed by atoms with E-state index in [1.165, 1.54) is 18.3 Å². The minimum atomic E-state index is -1.16. The zero-order valence-corrected chi connectivity index (χ0v) is 9.34. The first-order chi connectivity index (χ1) is 8.56. The van der Waals surface area contributed by atoms with Crippen LogP contribution in [0.4, 0.5) is 5.69 Å². The molecular weight excluding hydrogens is 238 g/mol. The minimum absolute atomic E-state index is 0.145. The van der Waals surface area contributed by atoms with Crippen LogP contribution in [0.2, 0.25) is 0 Å². The van der Waals surface area contributed by atoms with Crippen molar-refractivity contribution < 1.29 is 19.5 Å². The van der Waals surface area contributed by atoms with Crippen molar-refractivity contribution in [3.05, 3.63) is 24.0 Å². The Bertz CT molecular complexity index is 515. The lowest BCUT2D eigenvalue weighted by molar-refractivity contribution is -0.123. The zero-order chi connectivity index (χ0) is 13.1. The lowest BCUT2D eigenvalue weighted by Crippen LogP contribution is -2.24. The van der Waals surface area contributed by atoms with Crippen LogP contribution in [0.1, 0.15) is 16.9 Å². The van der Waals surface area contributed by atoms with Gasteiger partial charge in [-0.15, -0.1) is 0 Å². The molecule has 2 amide bonds. The van der Waals surface area contributed by atoms with Crippen molar-refractivity contribution in [2.45, 2.75) is 6.42 Å². The van der Waals surface area contributed by atoms with E-state index in [1.54, 1.807) is 0 Å². The first-order valence-electron chi connectivity index (χ1n) is 5.33. The van der Waals surface area contributed by atoms with Gasteiger partial charge in [0.25, 0.3) is 0 Å². The molecule has 0 bridgehead atoms. The average molecular weight is 249 g/mol. The summed E-state index contributed by atoms with van der Waals surface area (Å²) in [5.74, 6) is -2.05. The second-order valence-electron chi connectivity index (χ2n) is 3.93. The van der Waals surface area contributed by atoms with E-state index in [0.29, 0.717) is 12.2 Å². The molecule has 1 fully saturated rings. The number of aromatic nitrogens is 1. The Morgan fingerprint density at radius 3 is 2.89 bits per heavy atom. The summed E-state index contributed by atoms with van der Waals surface area (Å²) in [6, 6.07) is 2.76. The molecule has 0 aromatic carbocycles. The molecule has 1 aliphatic rings. The smallest absolute Gasteiger partial charge is 0.354 e. The van der Waals surface area contributed by atoms with Crippen LogP contribution in [0.5, 0.6) is 0 Å². The molecule has 7 heteroatoms. The molecule has 1 aliphatic heterocycles. The quantitative estimate of drug-likeness (QED) is 0.690. The van der Waals surface area contributed by atoms with Crippen molar-refractivity contribution in [1.82, 2.24) is 10.3 Å². The molecule has 0 saturated carbocycles.